The average Bonchev–Trinajstić information content (AvgIpc) is 2.89. The Hall–Kier alpha value is -2.82. The molecular weight excluding hydrogens is 250 g/mol. The van der Waals surface area contributed by atoms with Crippen LogP contribution in [0.4, 0.5) is 0 Å². The summed E-state index contributed by atoms with van der Waals surface area (Å²) in [6.07, 6.45) is 1.74. The molecule has 3 heterocycles. The largest absolute Gasteiger partial charge is 0.271 e. The van der Waals surface area contributed by atoms with E-state index in [0.29, 0.717) is 5.65 Å². The van der Waals surface area contributed by atoms with Gasteiger partial charge < -0.3 is 0 Å². The Morgan fingerprint density at radius 1 is 0.950 bits per heavy atom. The summed E-state index contributed by atoms with van der Waals surface area (Å²) >= 11 is 0. The normalized spacial score (nSPS) is 11.2. The van der Waals surface area contributed by atoms with E-state index in [1.807, 2.05) is 53.8 Å². The van der Waals surface area contributed by atoms with Crippen molar-refractivity contribution >= 4 is 16.8 Å². The van der Waals surface area contributed by atoms with Crippen LogP contribution in [-0.2, 0) is 0 Å². The van der Waals surface area contributed by atoms with Crippen molar-refractivity contribution in [3.8, 4) is 11.4 Å². The molecule has 20 heavy (non-hydrogen) atoms. The number of hydrogen-bond acceptors (Lipinski definition) is 4. The number of benzene rings is 1. The Bertz CT molecular complexity index is 912. The van der Waals surface area contributed by atoms with Gasteiger partial charge in [-0.2, -0.15) is 0 Å². The Morgan fingerprint density at radius 2 is 1.80 bits per heavy atom. The van der Waals surface area contributed by atoms with E-state index in [4.69, 9.17) is 0 Å². The third-order valence-corrected chi connectivity index (χ3v) is 3.29. The molecule has 0 radical (unpaired) electrons. The predicted molar refractivity (Wildman–Crippen MR) is 76.3 cm³/mol. The molecule has 0 N–H and O–H groups in total. The molecule has 0 saturated carbocycles. The molecule has 0 bridgehead atoms. The number of aromatic nitrogens is 5. The maximum absolute atomic E-state index is 4.55. The minimum absolute atomic E-state index is 0.711. The molecule has 3 aromatic heterocycles. The zero-order valence-electron chi connectivity index (χ0n) is 10.9. The molecule has 5 nitrogen and oxygen atoms in total. The van der Waals surface area contributed by atoms with Crippen LogP contribution in [0.2, 0.25) is 0 Å². The topological polar surface area (TPSA) is 56.0 Å². The van der Waals surface area contributed by atoms with Crippen LogP contribution in [0.15, 0.2) is 48.7 Å². The fraction of sp³-hybridized carbons (Fsp3) is 0.0667. The maximum atomic E-state index is 4.55. The molecule has 0 amide bonds. The van der Waals surface area contributed by atoms with Gasteiger partial charge in [0.05, 0.1) is 5.52 Å². The summed E-state index contributed by atoms with van der Waals surface area (Å²) in [4.78, 5) is 8.86. The first-order valence-corrected chi connectivity index (χ1v) is 6.36. The quantitative estimate of drug-likeness (QED) is 0.528. The molecular formula is C15H11N5. The lowest BCUT2D eigenvalue weighted by atomic mass is 10.2. The summed E-state index contributed by atoms with van der Waals surface area (Å²) in [7, 11) is 0. The number of pyridine rings is 1. The van der Waals surface area contributed by atoms with Gasteiger partial charge in [-0.15, -0.1) is 10.2 Å². The highest BCUT2D eigenvalue weighted by molar-refractivity contribution is 5.80. The molecule has 0 aliphatic carbocycles. The van der Waals surface area contributed by atoms with E-state index in [-0.39, 0.29) is 0 Å². The Kier molecular flexibility index (Phi) is 2.26. The minimum Gasteiger partial charge on any atom is -0.271 e. The van der Waals surface area contributed by atoms with Crippen LogP contribution in [0, 0.1) is 6.92 Å². The fourth-order valence-corrected chi connectivity index (χ4v) is 2.36. The van der Waals surface area contributed by atoms with Crippen molar-refractivity contribution in [1.29, 1.82) is 0 Å². The minimum atomic E-state index is 0.711. The Balaban J connectivity index is 2.19. The molecule has 96 valence electrons. The van der Waals surface area contributed by atoms with E-state index in [0.717, 1.165) is 28.2 Å². The number of fused-ring (bicyclic) bond motifs is 3. The van der Waals surface area contributed by atoms with Crippen LogP contribution >= 0.6 is 0 Å². The molecule has 0 fully saturated rings. The lowest BCUT2D eigenvalue weighted by molar-refractivity contribution is 0.929. The SMILES string of the molecule is Cc1nnc(-c2ccccc2)n2c1nc1ncccc12. The Morgan fingerprint density at radius 3 is 2.65 bits per heavy atom. The van der Waals surface area contributed by atoms with Gasteiger partial charge in [0, 0.05) is 11.8 Å². The van der Waals surface area contributed by atoms with Crippen molar-refractivity contribution in [2.45, 2.75) is 6.92 Å². The first-order chi connectivity index (χ1) is 9.84. The smallest absolute Gasteiger partial charge is 0.178 e. The zero-order valence-corrected chi connectivity index (χ0v) is 10.9. The van der Waals surface area contributed by atoms with E-state index in [1.165, 1.54) is 0 Å². The van der Waals surface area contributed by atoms with E-state index >= 15 is 0 Å². The van der Waals surface area contributed by atoms with Crippen molar-refractivity contribution in [3.63, 3.8) is 0 Å². The standard InChI is InChI=1S/C15H11N5/c1-10-14-17-13-12(8-5-9-16-13)20(14)15(19-18-10)11-6-3-2-4-7-11/h2-9H,1H3. The van der Waals surface area contributed by atoms with Crippen LogP contribution in [0.25, 0.3) is 28.2 Å². The number of imidazole rings is 1. The van der Waals surface area contributed by atoms with E-state index < -0.39 is 0 Å². The molecule has 1 aromatic carbocycles. The summed E-state index contributed by atoms with van der Waals surface area (Å²) in [5.41, 5.74) is 4.25. The van der Waals surface area contributed by atoms with E-state index in [9.17, 15) is 0 Å². The van der Waals surface area contributed by atoms with Gasteiger partial charge in [-0.3, -0.25) is 4.40 Å². The first kappa shape index (κ1) is 11.0. The van der Waals surface area contributed by atoms with E-state index in [1.54, 1.807) is 6.20 Å². The molecule has 4 rings (SSSR count). The molecule has 5 heteroatoms. The number of aryl methyl sites for hydroxylation is 1. The van der Waals surface area contributed by atoms with Gasteiger partial charge in [0.15, 0.2) is 17.1 Å². The van der Waals surface area contributed by atoms with Crippen molar-refractivity contribution < 1.29 is 0 Å². The number of nitrogens with zero attached hydrogens (tertiary/aromatic N) is 5. The van der Waals surface area contributed by atoms with Crippen LogP contribution < -0.4 is 0 Å². The van der Waals surface area contributed by atoms with Gasteiger partial charge in [-0.1, -0.05) is 30.3 Å². The highest BCUT2D eigenvalue weighted by Crippen LogP contribution is 2.23. The molecule has 0 saturated heterocycles. The molecule has 4 aromatic rings. The second kappa shape index (κ2) is 4.09. The van der Waals surface area contributed by atoms with Gasteiger partial charge in [-0.25, -0.2) is 9.97 Å². The van der Waals surface area contributed by atoms with Crippen LogP contribution in [0.1, 0.15) is 5.69 Å². The highest BCUT2D eigenvalue weighted by atomic mass is 15.2. The van der Waals surface area contributed by atoms with Gasteiger partial charge in [0.1, 0.15) is 5.69 Å². The van der Waals surface area contributed by atoms with Gasteiger partial charge in [0.2, 0.25) is 0 Å². The van der Waals surface area contributed by atoms with Crippen molar-refractivity contribution in [1.82, 2.24) is 24.6 Å². The summed E-state index contributed by atoms with van der Waals surface area (Å²) < 4.78 is 2.01. The first-order valence-electron chi connectivity index (χ1n) is 6.36. The van der Waals surface area contributed by atoms with Crippen LogP contribution in [0.3, 0.4) is 0 Å². The van der Waals surface area contributed by atoms with Gasteiger partial charge >= 0.3 is 0 Å². The summed E-state index contributed by atoms with van der Waals surface area (Å²) in [6.45, 7) is 1.91. The third-order valence-electron chi connectivity index (χ3n) is 3.29. The van der Waals surface area contributed by atoms with Crippen molar-refractivity contribution in [3.05, 3.63) is 54.4 Å². The maximum Gasteiger partial charge on any atom is 0.178 e. The Labute approximate surface area is 115 Å². The number of hydrogen-bond donors (Lipinski definition) is 0. The van der Waals surface area contributed by atoms with Gasteiger partial charge in [-0.05, 0) is 19.1 Å². The van der Waals surface area contributed by atoms with Gasteiger partial charge in [0.25, 0.3) is 0 Å². The monoisotopic (exact) mass is 261 g/mol. The molecule has 0 aliphatic heterocycles. The molecule has 0 aliphatic rings. The summed E-state index contributed by atoms with van der Waals surface area (Å²) in [5, 5.41) is 8.56. The van der Waals surface area contributed by atoms with Crippen LogP contribution in [0.5, 0.6) is 0 Å². The summed E-state index contributed by atoms with van der Waals surface area (Å²) in [5.74, 6) is 0.779. The predicted octanol–water partition coefficient (Wildman–Crippen LogP) is 2.65. The molecule has 0 spiro atoms. The zero-order chi connectivity index (χ0) is 13.5. The summed E-state index contributed by atoms with van der Waals surface area (Å²) in [6, 6.07) is 13.9. The van der Waals surface area contributed by atoms with E-state index in [2.05, 4.69) is 20.2 Å². The lowest BCUT2D eigenvalue weighted by Gasteiger charge is -2.05. The third kappa shape index (κ3) is 1.50. The van der Waals surface area contributed by atoms with Crippen molar-refractivity contribution in [2.75, 3.05) is 0 Å². The van der Waals surface area contributed by atoms with Crippen molar-refractivity contribution in [2.24, 2.45) is 0 Å². The molecule has 0 unspecified atom stereocenters. The highest BCUT2D eigenvalue weighted by Gasteiger charge is 2.14. The van der Waals surface area contributed by atoms with Crippen LogP contribution in [-0.4, -0.2) is 24.6 Å². The molecule has 0 atom stereocenters. The number of rotatable bonds is 1. The lowest BCUT2D eigenvalue weighted by Crippen LogP contribution is -2.01. The second-order valence-corrected chi connectivity index (χ2v) is 4.59. The second-order valence-electron chi connectivity index (χ2n) is 4.59. The average molecular weight is 261 g/mol. The fourth-order valence-electron chi connectivity index (χ4n) is 2.36.